The van der Waals surface area contributed by atoms with Crippen LogP contribution in [0.4, 0.5) is 4.39 Å². The van der Waals surface area contributed by atoms with Gasteiger partial charge in [-0.2, -0.15) is 5.10 Å². The maximum Gasteiger partial charge on any atom is 0.274 e. The minimum absolute atomic E-state index is 0.126. The molecule has 0 unspecified atom stereocenters. The molecule has 0 radical (unpaired) electrons. The molecule has 1 aliphatic heterocycles. The van der Waals surface area contributed by atoms with Gasteiger partial charge >= 0.3 is 0 Å². The van der Waals surface area contributed by atoms with E-state index in [1.54, 1.807) is 30.5 Å². The lowest BCUT2D eigenvalue weighted by molar-refractivity contribution is 0.0507. The van der Waals surface area contributed by atoms with Gasteiger partial charge in [-0.25, -0.2) is 8.91 Å². The van der Waals surface area contributed by atoms with Crippen molar-refractivity contribution in [3.05, 3.63) is 92.7 Å². The largest absolute Gasteiger partial charge is 0.338 e. The molecular formula is C26H23ClFN5O2. The van der Waals surface area contributed by atoms with Crippen molar-refractivity contribution in [1.29, 1.82) is 0 Å². The SMILES string of the molecule is CN1CC(NC(=O)c2nn3cc(-c4ccc(Cl)cc4)[nH]c(=O)c3c2C2CC2)(c2ccc(F)cc2)C1. The van der Waals surface area contributed by atoms with Crippen LogP contribution in [-0.4, -0.2) is 45.5 Å². The first-order valence-electron chi connectivity index (χ1n) is 11.5. The third-order valence-corrected chi connectivity index (χ3v) is 7.10. The van der Waals surface area contributed by atoms with E-state index in [0.29, 0.717) is 34.9 Å². The summed E-state index contributed by atoms with van der Waals surface area (Å²) < 4.78 is 15.0. The Bertz CT molecular complexity index is 1500. The molecule has 0 bridgehead atoms. The molecule has 35 heavy (non-hydrogen) atoms. The molecule has 2 aliphatic rings. The summed E-state index contributed by atoms with van der Waals surface area (Å²) >= 11 is 6.00. The first-order chi connectivity index (χ1) is 16.8. The summed E-state index contributed by atoms with van der Waals surface area (Å²) in [5.41, 5.74) is 2.63. The van der Waals surface area contributed by atoms with Crippen molar-refractivity contribution in [3.8, 4) is 11.3 Å². The Morgan fingerprint density at radius 3 is 2.46 bits per heavy atom. The van der Waals surface area contributed by atoms with E-state index < -0.39 is 5.54 Å². The molecule has 2 aromatic heterocycles. The number of hydrogen-bond acceptors (Lipinski definition) is 4. The molecule has 0 spiro atoms. The predicted molar refractivity (Wildman–Crippen MR) is 131 cm³/mol. The number of carbonyl (C=O) groups excluding carboxylic acids is 1. The Hall–Kier alpha value is -3.49. The lowest BCUT2D eigenvalue weighted by Gasteiger charge is -2.49. The normalized spacial score (nSPS) is 17.3. The highest BCUT2D eigenvalue weighted by atomic mass is 35.5. The molecule has 9 heteroatoms. The summed E-state index contributed by atoms with van der Waals surface area (Å²) in [5, 5.41) is 8.36. The third-order valence-electron chi connectivity index (χ3n) is 6.85. The van der Waals surface area contributed by atoms with Crippen LogP contribution in [-0.2, 0) is 5.54 Å². The van der Waals surface area contributed by atoms with Gasteiger partial charge in [0, 0.05) is 23.7 Å². The summed E-state index contributed by atoms with van der Waals surface area (Å²) in [4.78, 5) is 31.8. The number of amides is 1. The summed E-state index contributed by atoms with van der Waals surface area (Å²) in [6.07, 6.45) is 3.55. The topological polar surface area (TPSA) is 82.5 Å². The zero-order valence-corrected chi connectivity index (χ0v) is 19.8. The Morgan fingerprint density at radius 1 is 1.14 bits per heavy atom. The van der Waals surface area contributed by atoms with E-state index in [4.69, 9.17) is 11.6 Å². The quantitative estimate of drug-likeness (QED) is 0.443. The number of halogens is 2. The van der Waals surface area contributed by atoms with Crippen molar-refractivity contribution in [2.24, 2.45) is 0 Å². The molecular weight excluding hydrogens is 469 g/mol. The molecule has 2 N–H and O–H groups in total. The van der Waals surface area contributed by atoms with Gasteiger partial charge in [0.15, 0.2) is 5.69 Å². The average molecular weight is 492 g/mol. The Kier molecular flexibility index (Phi) is 5.05. The monoisotopic (exact) mass is 491 g/mol. The van der Waals surface area contributed by atoms with Gasteiger partial charge < -0.3 is 15.2 Å². The van der Waals surface area contributed by atoms with E-state index in [1.807, 2.05) is 19.2 Å². The zero-order chi connectivity index (χ0) is 24.3. The smallest absolute Gasteiger partial charge is 0.274 e. The van der Waals surface area contributed by atoms with Crippen LogP contribution in [0.1, 0.15) is 40.4 Å². The van der Waals surface area contributed by atoms with Crippen molar-refractivity contribution in [2.75, 3.05) is 20.1 Å². The number of nitrogens with zero attached hydrogens (tertiary/aromatic N) is 3. The van der Waals surface area contributed by atoms with Crippen LogP contribution in [0.3, 0.4) is 0 Å². The van der Waals surface area contributed by atoms with E-state index in [-0.39, 0.29) is 28.9 Å². The number of aromatic nitrogens is 3. The zero-order valence-electron chi connectivity index (χ0n) is 19.0. The fourth-order valence-corrected chi connectivity index (χ4v) is 5.19. The molecule has 2 aromatic carbocycles. The van der Waals surface area contributed by atoms with Gasteiger partial charge in [-0.3, -0.25) is 9.59 Å². The van der Waals surface area contributed by atoms with Crippen molar-refractivity contribution in [3.63, 3.8) is 0 Å². The lowest BCUT2D eigenvalue weighted by atomic mass is 9.82. The van der Waals surface area contributed by atoms with Crippen LogP contribution in [0, 0.1) is 5.82 Å². The number of aromatic amines is 1. The van der Waals surface area contributed by atoms with Crippen molar-refractivity contribution < 1.29 is 9.18 Å². The van der Waals surface area contributed by atoms with Gasteiger partial charge in [-0.05, 0) is 61.2 Å². The van der Waals surface area contributed by atoms with Gasteiger partial charge in [0.1, 0.15) is 11.3 Å². The van der Waals surface area contributed by atoms with Crippen LogP contribution < -0.4 is 10.9 Å². The van der Waals surface area contributed by atoms with Gasteiger partial charge in [0.2, 0.25) is 0 Å². The fourth-order valence-electron chi connectivity index (χ4n) is 5.06. The van der Waals surface area contributed by atoms with E-state index in [9.17, 15) is 14.0 Å². The average Bonchev–Trinajstić information content (AvgIpc) is 3.58. The van der Waals surface area contributed by atoms with Crippen LogP contribution in [0.2, 0.25) is 5.02 Å². The van der Waals surface area contributed by atoms with Gasteiger partial charge in [-0.1, -0.05) is 35.9 Å². The molecule has 2 fully saturated rings. The highest BCUT2D eigenvalue weighted by Gasteiger charge is 2.45. The maximum atomic E-state index is 13.6. The number of carbonyl (C=O) groups is 1. The van der Waals surface area contributed by atoms with Crippen molar-refractivity contribution in [1.82, 2.24) is 24.8 Å². The van der Waals surface area contributed by atoms with Crippen LogP contribution in [0.25, 0.3) is 16.8 Å². The first kappa shape index (κ1) is 22.0. The molecule has 3 heterocycles. The van der Waals surface area contributed by atoms with Crippen molar-refractivity contribution in [2.45, 2.75) is 24.3 Å². The second kappa shape index (κ2) is 8.03. The number of H-pyrrole nitrogens is 1. The number of likely N-dealkylation sites (N-methyl/N-ethyl adjacent to an activating group) is 1. The molecule has 0 atom stereocenters. The number of benzene rings is 2. The predicted octanol–water partition coefficient (Wildman–Crippen LogP) is 3.93. The second-order valence-electron chi connectivity index (χ2n) is 9.55. The number of hydrogen-bond donors (Lipinski definition) is 2. The van der Waals surface area contributed by atoms with Crippen molar-refractivity contribution >= 4 is 23.0 Å². The Labute approximate surface area is 205 Å². The lowest BCUT2D eigenvalue weighted by Crippen LogP contribution is -2.66. The van der Waals surface area contributed by atoms with E-state index in [2.05, 4.69) is 20.3 Å². The second-order valence-corrected chi connectivity index (χ2v) is 9.99. The molecule has 1 amide bonds. The van der Waals surface area contributed by atoms with E-state index in [1.165, 1.54) is 16.6 Å². The molecule has 1 saturated carbocycles. The molecule has 1 saturated heterocycles. The fraction of sp³-hybridized carbons (Fsp3) is 0.269. The molecule has 6 rings (SSSR count). The van der Waals surface area contributed by atoms with Gasteiger partial charge in [-0.15, -0.1) is 0 Å². The Morgan fingerprint density at radius 2 is 1.83 bits per heavy atom. The minimum Gasteiger partial charge on any atom is -0.338 e. The van der Waals surface area contributed by atoms with Gasteiger partial charge in [0.05, 0.1) is 17.4 Å². The van der Waals surface area contributed by atoms with E-state index >= 15 is 0 Å². The summed E-state index contributed by atoms with van der Waals surface area (Å²) in [6.45, 7) is 1.19. The molecule has 178 valence electrons. The summed E-state index contributed by atoms with van der Waals surface area (Å²) in [5.74, 6) is -0.531. The number of rotatable bonds is 5. The van der Waals surface area contributed by atoms with Crippen LogP contribution in [0.5, 0.6) is 0 Å². The van der Waals surface area contributed by atoms with Crippen LogP contribution >= 0.6 is 11.6 Å². The Balaban J connectivity index is 1.41. The standard InChI is InChI=1S/C26H23ClFN5O2/c1-32-13-26(14-32,17-6-10-19(28)11-7-17)30-24(34)22-21(16-2-3-16)23-25(35)29-20(12-33(23)31-22)15-4-8-18(27)9-5-15/h4-12,16H,2-3,13-14H2,1H3,(H,29,35)(H,30,34). The molecule has 7 nitrogen and oxygen atoms in total. The van der Waals surface area contributed by atoms with E-state index in [0.717, 1.165) is 24.0 Å². The third kappa shape index (κ3) is 3.83. The number of likely N-dealkylation sites (tertiary alicyclic amines) is 1. The van der Waals surface area contributed by atoms with Crippen LogP contribution in [0.15, 0.2) is 59.5 Å². The number of fused-ring (bicyclic) bond motifs is 1. The van der Waals surface area contributed by atoms with Gasteiger partial charge in [0.25, 0.3) is 11.5 Å². The highest BCUT2D eigenvalue weighted by Crippen LogP contribution is 2.43. The summed E-state index contributed by atoms with van der Waals surface area (Å²) in [6, 6.07) is 13.4. The maximum absolute atomic E-state index is 13.6. The highest BCUT2D eigenvalue weighted by molar-refractivity contribution is 6.30. The summed E-state index contributed by atoms with van der Waals surface area (Å²) in [7, 11) is 1.96. The first-order valence-corrected chi connectivity index (χ1v) is 11.9. The minimum atomic E-state index is -0.642. The molecule has 1 aliphatic carbocycles. The number of nitrogens with one attached hydrogen (secondary N) is 2. The molecule has 4 aromatic rings.